The normalized spacial score (nSPS) is 15.7. The van der Waals surface area contributed by atoms with E-state index in [2.05, 4.69) is 15.1 Å². The number of hydrogen-bond acceptors (Lipinski definition) is 5. The van der Waals surface area contributed by atoms with Crippen LogP contribution in [0.3, 0.4) is 0 Å². The number of nitrogen functional groups attached to an aromatic ring is 1. The number of carbonyl (C=O) groups is 1. The molecule has 0 radical (unpaired) electrons. The van der Waals surface area contributed by atoms with Crippen molar-refractivity contribution in [3.8, 4) is 0 Å². The Morgan fingerprint density at radius 3 is 2.48 bits per heavy atom. The quantitative estimate of drug-likeness (QED) is 0.679. The number of carbonyl (C=O) groups excluding carboxylic acids is 1. The second-order valence-electron chi connectivity index (χ2n) is 8.13. The number of pyridine rings is 1. The van der Waals surface area contributed by atoms with E-state index >= 15 is 0 Å². The molecule has 0 aliphatic carbocycles. The van der Waals surface area contributed by atoms with Gasteiger partial charge in [-0.05, 0) is 30.9 Å². The summed E-state index contributed by atoms with van der Waals surface area (Å²) in [4.78, 5) is 22.7. The van der Waals surface area contributed by atoms with Gasteiger partial charge in [-0.1, -0.05) is 13.8 Å². The summed E-state index contributed by atoms with van der Waals surface area (Å²) in [7, 11) is 0. The lowest BCUT2D eigenvalue weighted by Crippen LogP contribution is -2.38. The van der Waals surface area contributed by atoms with E-state index in [0.717, 1.165) is 10.6 Å². The highest BCUT2D eigenvalue weighted by Crippen LogP contribution is 2.33. The van der Waals surface area contributed by atoms with Gasteiger partial charge in [-0.3, -0.25) is 9.78 Å². The molecule has 1 fully saturated rings. The molecule has 1 aliphatic rings. The van der Waals surface area contributed by atoms with Crippen LogP contribution in [-0.4, -0.2) is 43.5 Å². The van der Waals surface area contributed by atoms with Crippen molar-refractivity contribution in [2.45, 2.75) is 44.7 Å². The van der Waals surface area contributed by atoms with Crippen LogP contribution >= 0.6 is 0 Å². The number of nitrogens with two attached hydrogens (primary N) is 1. The lowest BCUT2D eigenvalue weighted by atomic mass is 9.93. The van der Waals surface area contributed by atoms with E-state index in [0.29, 0.717) is 48.6 Å². The van der Waals surface area contributed by atoms with Gasteiger partial charge in [0.25, 0.3) is 5.91 Å². The first-order chi connectivity index (χ1) is 14.6. The molecule has 0 unspecified atom stereocenters. The van der Waals surface area contributed by atoms with Gasteiger partial charge in [0.05, 0.1) is 16.9 Å². The number of amides is 1. The summed E-state index contributed by atoms with van der Waals surface area (Å²) < 4.78 is 41.7. The second-order valence-corrected chi connectivity index (χ2v) is 8.13. The number of fused-ring (bicyclic) bond motifs is 1. The molecule has 0 bridgehead atoms. The summed E-state index contributed by atoms with van der Waals surface area (Å²) in [5, 5.41) is 4.25. The van der Waals surface area contributed by atoms with Gasteiger partial charge < -0.3 is 10.6 Å². The van der Waals surface area contributed by atoms with E-state index in [9.17, 15) is 18.0 Å². The van der Waals surface area contributed by atoms with Crippen molar-refractivity contribution in [2.24, 2.45) is 0 Å². The van der Waals surface area contributed by atoms with Crippen LogP contribution in [0.1, 0.15) is 66.0 Å². The van der Waals surface area contributed by atoms with Gasteiger partial charge in [0.1, 0.15) is 5.69 Å². The molecule has 31 heavy (non-hydrogen) atoms. The van der Waals surface area contributed by atoms with Gasteiger partial charge in [-0.15, -0.1) is 0 Å². The molecule has 2 N–H and O–H groups in total. The molecule has 1 amide bonds. The summed E-state index contributed by atoms with van der Waals surface area (Å²) in [5.74, 6) is -0.343. The topological polar surface area (TPSA) is 89.4 Å². The average molecular weight is 432 g/mol. The maximum atomic E-state index is 13.6. The Morgan fingerprint density at radius 2 is 1.87 bits per heavy atom. The number of halogens is 3. The Bertz CT molecular complexity index is 1120. The standard InChI is InChI=1S/C21H23F3N6O/c1-12(2)16-8-18(21(22,23)24)30-19(27-16)9-17(28-30)13-3-5-29(6-4-13)20(31)14-7-15(25)11-26-10-14/h7-13H,3-6,25H2,1-2H3. The third kappa shape index (κ3) is 4.19. The molecular weight excluding hydrogens is 409 g/mol. The van der Waals surface area contributed by atoms with E-state index in [1.54, 1.807) is 30.9 Å². The summed E-state index contributed by atoms with van der Waals surface area (Å²) in [6.07, 6.45) is -0.382. The van der Waals surface area contributed by atoms with E-state index in [1.165, 1.54) is 12.4 Å². The fourth-order valence-electron chi connectivity index (χ4n) is 3.84. The molecule has 3 aromatic heterocycles. The van der Waals surface area contributed by atoms with Crippen LogP contribution in [0, 0.1) is 0 Å². The molecule has 164 valence electrons. The first-order valence-corrected chi connectivity index (χ1v) is 10.1. The number of hydrogen-bond donors (Lipinski definition) is 1. The summed E-state index contributed by atoms with van der Waals surface area (Å²) in [6, 6.07) is 4.28. The van der Waals surface area contributed by atoms with Crippen molar-refractivity contribution in [1.82, 2.24) is 24.5 Å². The van der Waals surface area contributed by atoms with Gasteiger partial charge in [-0.25, -0.2) is 9.50 Å². The first kappa shape index (κ1) is 21.1. The predicted molar refractivity (Wildman–Crippen MR) is 109 cm³/mol. The fourth-order valence-corrected chi connectivity index (χ4v) is 3.84. The number of aromatic nitrogens is 4. The minimum Gasteiger partial charge on any atom is -0.397 e. The Morgan fingerprint density at radius 1 is 1.16 bits per heavy atom. The van der Waals surface area contributed by atoms with Crippen LogP contribution in [-0.2, 0) is 6.18 Å². The zero-order chi connectivity index (χ0) is 22.3. The van der Waals surface area contributed by atoms with Crippen LogP contribution < -0.4 is 5.73 Å². The third-order valence-electron chi connectivity index (χ3n) is 5.55. The molecule has 3 aromatic rings. The van der Waals surface area contributed by atoms with Gasteiger partial charge in [-0.2, -0.15) is 18.3 Å². The zero-order valence-corrected chi connectivity index (χ0v) is 17.2. The monoisotopic (exact) mass is 432 g/mol. The molecule has 1 saturated heterocycles. The highest BCUT2D eigenvalue weighted by molar-refractivity contribution is 5.94. The Kier molecular flexibility index (Phi) is 5.32. The number of likely N-dealkylation sites (tertiary alicyclic amines) is 1. The molecule has 1 aliphatic heterocycles. The minimum atomic E-state index is -4.53. The van der Waals surface area contributed by atoms with Crippen molar-refractivity contribution in [2.75, 3.05) is 18.8 Å². The largest absolute Gasteiger partial charge is 0.433 e. The van der Waals surface area contributed by atoms with E-state index in [1.807, 2.05) is 0 Å². The van der Waals surface area contributed by atoms with Gasteiger partial charge >= 0.3 is 6.18 Å². The van der Waals surface area contributed by atoms with Crippen LogP contribution in [0.4, 0.5) is 18.9 Å². The van der Waals surface area contributed by atoms with Crippen LogP contribution in [0.25, 0.3) is 5.65 Å². The number of rotatable bonds is 3. The SMILES string of the molecule is CC(C)c1cc(C(F)(F)F)n2nc(C3CCN(C(=O)c4cncc(N)c4)CC3)cc2n1. The maximum absolute atomic E-state index is 13.6. The fraction of sp³-hybridized carbons (Fsp3) is 0.429. The molecule has 0 spiro atoms. The Labute approximate surface area is 177 Å². The number of nitrogens with zero attached hydrogens (tertiary/aromatic N) is 5. The highest BCUT2D eigenvalue weighted by Gasteiger charge is 2.36. The summed E-state index contributed by atoms with van der Waals surface area (Å²) >= 11 is 0. The van der Waals surface area contributed by atoms with E-state index in [-0.39, 0.29) is 23.4 Å². The molecule has 0 atom stereocenters. The van der Waals surface area contributed by atoms with Crippen molar-refractivity contribution in [3.05, 3.63) is 53.2 Å². The number of anilines is 1. The van der Waals surface area contributed by atoms with E-state index in [4.69, 9.17) is 5.73 Å². The van der Waals surface area contributed by atoms with Crippen LogP contribution in [0.5, 0.6) is 0 Å². The van der Waals surface area contributed by atoms with Crippen molar-refractivity contribution in [3.63, 3.8) is 0 Å². The maximum Gasteiger partial charge on any atom is 0.433 e. The molecule has 7 nitrogen and oxygen atoms in total. The Balaban J connectivity index is 1.56. The number of piperidine rings is 1. The zero-order valence-electron chi connectivity index (χ0n) is 17.2. The molecular formula is C21H23F3N6O. The second kappa shape index (κ2) is 7.82. The van der Waals surface area contributed by atoms with Crippen molar-refractivity contribution in [1.29, 1.82) is 0 Å². The molecule has 0 saturated carbocycles. The van der Waals surface area contributed by atoms with Gasteiger partial charge in [0.2, 0.25) is 0 Å². The van der Waals surface area contributed by atoms with Crippen LogP contribution in [0.15, 0.2) is 30.6 Å². The first-order valence-electron chi connectivity index (χ1n) is 10.1. The van der Waals surface area contributed by atoms with Crippen molar-refractivity contribution >= 4 is 17.2 Å². The van der Waals surface area contributed by atoms with Crippen molar-refractivity contribution < 1.29 is 18.0 Å². The van der Waals surface area contributed by atoms with Gasteiger partial charge in [0.15, 0.2) is 5.65 Å². The number of alkyl halides is 3. The molecule has 0 aromatic carbocycles. The average Bonchev–Trinajstić information content (AvgIpc) is 3.16. The highest BCUT2D eigenvalue weighted by atomic mass is 19.4. The molecule has 4 heterocycles. The predicted octanol–water partition coefficient (Wildman–Crippen LogP) is 3.87. The molecule has 10 heteroatoms. The van der Waals surface area contributed by atoms with Crippen LogP contribution in [0.2, 0.25) is 0 Å². The smallest absolute Gasteiger partial charge is 0.397 e. The van der Waals surface area contributed by atoms with E-state index < -0.39 is 11.9 Å². The minimum absolute atomic E-state index is 0.0479. The lowest BCUT2D eigenvalue weighted by Gasteiger charge is -2.31. The Hall–Kier alpha value is -3.17. The summed E-state index contributed by atoms with van der Waals surface area (Å²) in [6.45, 7) is 4.56. The third-order valence-corrected chi connectivity index (χ3v) is 5.55. The summed E-state index contributed by atoms with van der Waals surface area (Å²) in [5.41, 5.74) is 6.85. The molecule has 4 rings (SSSR count). The lowest BCUT2D eigenvalue weighted by molar-refractivity contribution is -0.142. The van der Waals surface area contributed by atoms with Gasteiger partial charge in [0, 0.05) is 43.2 Å².